The fraction of sp³-hybridized carbons (Fsp3) is 0.381. The Balaban J connectivity index is 1.66. The number of hydrogen-bond acceptors (Lipinski definition) is 4. The predicted octanol–water partition coefficient (Wildman–Crippen LogP) is 4.06. The van der Waals surface area contributed by atoms with Crippen molar-refractivity contribution in [3.05, 3.63) is 57.6 Å². The first-order valence-electron chi connectivity index (χ1n) is 9.35. The lowest BCUT2D eigenvalue weighted by molar-refractivity contribution is -0.114. The molecule has 1 fully saturated rings. The monoisotopic (exact) mass is 420 g/mol. The number of rotatable bonds is 4. The van der Waals surface area contributed by atoms with Crippen molar-refractivity contribution in [2.24, 2.45) is 0 Å². The molecule has 0 radical (unpaired) electrons. The number of carbonyl (C=O) groups excluding carboxylic acids is 1. The third-order valence-electron chi connectivity index (χ3n) is 5.35. The molecule has 5 nitrogen and oxygen atoms in total. The van der Waals surface area contributed by atoms with Gasteiger partial charge in [0, 0.05) is 47.4 Å². The van der Waals surface area contributed by atoms with Crippen molar-refractivity contribution in [1.29, 1.82) is 0 Å². The van der Waals surface area contributed by atoms with Crippen molar-refractivity contribution in [2.75, 3.05) is 18.4 Å². The smallest absolute Gasteiger partial charge is 0.221 e. The zero-order valence-electron chi connectivity index (χ0n) is 15.5. The van der Waals surface area contributed by atoms with E-state index in [4.69, 9.17) is 27.9 Å². The van der Waals surface area contributed by atoms with Gasteiger partial charge in [-0.05, 0) is 42.7 Å². The highest BCUT2D eigenvalue weighted by Gasteiger charge is 2.41. The summed E-state index contributed by atoms with van der Waals surface area (Å²) in [6.07, 6.45) is 0.927. The van der Waals surface area contributed by atoms with Gasteiger partial charge in [-0.2, -0.15) is 0 Å². The second kappa shape index (κ2) is 7.91. The van der Waals surface area contributed by atoms with E-state index < -0.39 is 0 Å². The van der Waals surface area contributed by atoms with E-state index in [0.29, 0.717) is 28.0 Å². The highest BCUT2D eigenvalue weighted by atomic mass is 35.5. The molecule has 148 valence electrons. The maximum atomic E-state index is 11.4. The van der Waals surface area contributed by atoms with Crippen LogP contribution in [0, 0.1) is 0 Å². The number of β-amino-alcohol motifs (C(OH)–C–C–N with tert-alkyl or cyclic N) is 1. The number of ether oxygens (including phenoxy) is 1. The first-order chi connectivity index (χ1) is 13.4. The molecule has 1 aliphatic heterocycles. The molecule has 3 atom stereocenters. The van der Waals surface area contributed by atoms with Gasteiger partial charge in [0.1, 0.15) is 11.9 Å². The third-order valence-corrected chi connectivity index (χ3v) is 5.90. The van der Waals surface area contributed by atoms with E-state index in [9.17, 15) is 9.90 Å². The van der Waals surface area contributed by atoms with Crippen LogP contribution in [0.1, 0.15) is 30.6 Å². The van der Waals surface area contributed by atoms with Crippen LogP contribution in [0.5, 0.6) is 5.75 Å². The molecule has 1 aliphatic carbocycles. The van der Waals surface area contributed by atoms with E-state index in [-0.39, 0.29) is 24.2 Å². The van der Waals surface area contributed by atoms with Crippen molar-refractivity contribution in [2.45, 2.75) is 38.0 Å². The van der Waals surface area contributed by atoms with Crippen LogP contribution in [0.4, 0.5) is 5.69 Å². The third kappa shape index (κ3) is 3.98. The van der Waals surface area contributed by atoms with E-state index >= 15 is 0 Å². The summed E-state index contributed by atoms with van der Waals surface area (Å²) in [4.78, 5) is 13.6. The molecule has 1 saturated heterocycles. The summed E-state index contributed by atoms with van der Waals surface area (Å²) < 4.78 is 6.40. The van der Waals surface area contributed by atoms with Crippen molar-refractivity contribution >= 4 is 34.8 Å². The number of likely N-dealkylation sites (tertiary alicyclic amines) is 1. The number of aliphatic hydroxyl groups excluding tert-OH is 1. The van der Waals surface area contributed by atoms with Crippen LogP contribution in [0.25, 0.3) is 0 Å². The highest BCUT2D eigenvalue weighted by Crippen LogP contribution is 2.43. The van der Waals surface area contributed by atoms with E-state index in [1.165, 1.54) is 6.92 Å². The molecule has 2 aliphatic rings. The summed E-state index contributed by atoms with van der Waals surface area (Å²) in [5.41, 5.74) is 2.70. The molecule has 2 aromatic rings. The lowest BCUT2D eigenvalue weighted by Crippen LogP contribution is -2.39. The van der Waals surface area contributed by atoms with Gasteiger partial charge >= 0.3 is 0 Å². The number of benzene rings is 2. The van der Waals surface area contributed by atoms with E-state index in [1.54, 1.807) is 12.1 Å². The lowest BCUT2D eigenvalue weighted by atomic mass is 10.1. The molecule has 7 heteroatoms. The van der Waals surface area contributed by atoms with Gasteiger partial charge in [-0.3, -0.25) is 9.69 Å². The van der Waals surface area contributed by atoms with Crippen LogP contribution in [-0.4, -0.2) is 41.1 Å². The van der Waals surface area contributed by atoms with Gasteiger partial charge in [-0.1, -0.05) is 29.3 Å². The number of fused-ring (bicyclic) bond motifs is 1. The average Bonchev–Trinajstić information content (AvgIpc) is 3.19. The normalized spacial score (nSPS) is 24.2. The summed E-state index contributed by atoms with van der Waals surface area (Å²) in [5.74, 6) is 0.524. The molecular formula is C21H22Cl2N2O3. The maximum absolute atomic E-state index is 11.4. The van der Waals surface area contributed by atoms with Gasteiger partial charge in [0.05, 0.1) is 12.1 Å². The number of hydrogen-bond donors (Lipinski definition) is 2. The summed E-state index contributed by atoms with van der Waals surface area (Å²) in [6.45, 7) is 2.91. The number of aliphatic hydroxyl groups is 1. The maximum Gasteiger partial charge on any atom is 0.221 e. The molecule has 28 heavy (non-hydrogen) atoms. The number of carbonyl (C=O) groups is 1. The summed E-state index contributed by atoms with van der Waals surface area (Å²) >= 11 is 12.7. The summed E-state index contributed by atoms with van der Waals surface area (Å²) in [5, 5.41) is 14.0. The first kappa shape index (κ1) is 19.5. The Morgan fingerprint density at radius 2 is 2.11 bits per heavy atom. The molecule has 0 saturated carbocycles. The highest BCUT2D eigenvalue weighted by molar-refractivity contribution is 6.35. The number of nitrogens with zero attached hydrogens (tertiary/aromatic N) is 1. The van der Waals surface area contributed by atoms with Crippen molar-refractivity contribution in [3.8, 4) is 5.75 Å². The van der Waals surface area contributed by atoms with Crippen molar-refractivity contribution in [1.82, 2.24) is 4.90 Å². The Labute approximate surface area is 174 Å². The fourth-order valence-electron chi connectivity index (χ4n) is 4.15. The minimum atomic E-state index is -0.313. The predicted molar refractivity (Wildman–Crippen MR) is 110 cm³/mol. The van der Waals surface area contributed by atoms with E-state index in [2.05, 4.69) is 10.2 Å². The lowest BCUT2D eigenvalue weighted by Gasteiger charge is -2.30. The number of anilines is 1. The molecule has 2 N–H and O–H groups in total. The Kier molecular flexibility index (Phi) is 5.52. The second-order valence-corrected chi connectivity index (χ2v) is 8.26. The van der Waals surface area contributed by atoms with Gasteiger partial charge in [0.2, 0.25) is 5.91 Å². The molecule has 1 heterocycles. The van der Waals surface area contributed by atoms with Gasteiger partial charge in [-0.15, -0.1) is 0 Å². The van der Waals surface area contributed by atoms with Crippen LogP contribution >= 0.6 is 23.2 Å². The number of halogens is 2. The van der Waals surface area contributed by atoms with Gasteiger partial charge in [-0.25, -0.2) is 0 Å². The van der Waals surface area contributed by atoms with Gasteiger partial charge in [0.15, 0.2) is 0 Å². The van der Waals surface area contributed by atoms with Crippen molar-refractivity contribution in [3.63, 3.8) is 0 Å². The van der Waals surface area contributed by atoms with Crippen LogP contribution in [0.3, 0.4) is 0 Å². The molecule has 0 spiro atoms. The topological polar surface area (TPSA) is 61.8 Å². The molecular weight excluding hydrogens is 399 g/mol. The summed E-state index contributed by atoms with van der Waals surface area (Å²) in [7, 11) is 0. The molecule has 2 aromatic carbocycles. The molecule has 0 bridgehead atoms. The van der Waals surface area contributed by atoms with Crippen molar-refractivity contribution < 1.29 is 14.6 Å². The van der Waals surface area contributed by atoms with Crippen LogP contribution in [-0.2, 0) is 11.2 Å². The summed E-state index contributed by atoms with van der Waals surface area (Å²) in [6, 6.07) is 11.1. The first-order valence-corrected chi connectivity index (χ1v) is 10.1. The van der Waals surface area contributed by atoms with Crippen LogP contribution in [0.15, 0.2) is 36.4 Å². The Morgan fingerprint density at radius 1 is 1.29 bits per heavy atom. The van der Waals surface area contributed by atoms with Gasteiger partial charge < -0.3 is 15.2 Å². The van der Waals surface area contributed by atoms with E-state index in [0.717, 1.165) is 30.5 Å². The van der Waals surface area contributed by atoms with Crippen LogP contribution in [0.2, 0.25) is 10.0 Å². The average molecular weight is 421 g/mol. The Bertz CT molecular complexity index is 905. The van der Waals surface area contributed by atoms with Crippen LogP contribution < -0.4 is 10.1 Å². The zero-order chi connectivity index (χ0) is 19.8. The standard InChI is InChI=1S/C21H22Cl2N2O3/c1-12(26)24-14-3-2-4-16(9-14)28-21-18-7-13(22)8-19(23)17(18)10-20(21)25-6-5-15(27)11-25/h2-4,7-9,15,20-21,27H,5-6,10-11H2,1H3,(H,24,26)/t15-,20-,21-/m1/s1. The Morgan fingerprint density at radius 3 is 2.82 bits per heavy atom. The SMILES string of the molecule is CC(=O)Nc1cccc(O[C@@H]2c3cc(Cl)cc(Cl)c3C[C@H]2N2CC[C@@H](O)C2)c1. The molecule has 0 aromatic heterocycles. The number of amides is 1. The molecule has 1 amide bonds. The zero-order valence-corrected chi connectivity index (χ0v) is 17.0. The minimum absolute atomic E-state index is 0.0625. The van der Waals surface area contributed by atoms with E-state index in [1.807, 2.05) is 24.3 Å². The van der Waals surface area contributed by atoms with Gasteiger partial charge in [0.25, 0.3) is 0 Å². The Hall–Kier alpha value is -1.79. The second-order valence-electron chi connectivity index (χ2n) is 7.41. The molecule has 0 unspecified atom stereocenters. The quantitative estimate of drug-likeness (QED) is 0.782. The molecule has 4 rings (SSSR count). The fourth-order valence-corrected chi connectivity index (χ4v) is 4.73. The number of nitrogens with one attached hydrogen (secondary N) is 1. The largest absolute Gasteiger partial charge is 0.484 e. The minimum Gasteiger partial charge on any atom is -0.484 e.